The van der Waals surface area contributed by atoms with E-state index in [4.69, 9.17) is 16.3 Å². The van der Waals surface area contributed by atoms with E-state index in [1.165, 1.54) is 5.56 Å². The molecule has 0 bridgehead atoms. The van der Waals surface area contributed by atoms with Gasteiger partial charge in [-0.3, -0.25) is 9.59 Å². The first-order valence-electron chi connectivity index (χ1n) is 10.1. The first kappa shape index (κ1) is 21.5. The van der Waals surface area contributed by atoms with Gasteiger partial charge in [0.05, 0.1) is 11.3 Å². The quantitative estimate of drug-likeness (QED) is 0.376. The van der Waals surface area contributed by atoms with E-state index in [0.717, 1.165) is 10.6 Å². The number of rotatable bonds is 5. The number of imide groups is 1. The van der Waals surface area contributed by atoms with Gasteiger partial charge in [0.25, 0.3) is 11.8 Å². The molecule has 1 aliphatic rings. The largest absolute Gasteiger partial charge is 0.488 e. The molecule has 1 heterocycles. The van der Waals surface area contributed by atoms with Crippen LogP contribution in [0.25, 0.3) is 6.08 Å². The summed E-state index contributed by atoms with van der Waals surface area (Å²) in [4.78, 5) is 25.7. The number of amides is 2. The summed E-state index contributed by atoms with van der Waals surface area (Å²) in [6.07, 6.45) is 1.66. The summed E-state index contributed by atoms with van der Waals surface area (Å²) >= 11 is 6.20. The predicted molar refractivity (Wildman–Crippen MR) is 126 cm³/mol. The molecule has 6 heteroatoms. The molecule has 0 N–H and O–H groups in total. The maximum absolute atomic E-state index is 13.0. The normalized spacial score (nSPS) is 14.6. The van der Waals surface area contributed by atoms with Crippen LogP contribution in [0.4, 0.5) is 0 Å². The Morgan fingerprint density at radius 2 is 1.75 bits per heavy atom. The second-order valence-corrected chi connectivity index (χ2v) is 7.92. The second-order valence-electron chi connectivity index (χ2n) is 7.49. The minimum absolute atomic E-state index is 0.316. The van der Waals surface area contributed by atoms with Crippen LogP contribution in [0, 0.1) is 6.92 Å². The molecule has 4 rings (SSSR count). The SMILES string of the molecule is CC1=NN(C(=O)c2ccccc2)C(=O)/C1=C/c1cc(Cl)ccc1OCc1ccc(C)cc1. The molecule has 32 heavy (non-hydrogen) atoms. The highest BCUT2D eigenvalue weighted by molar-refractivity contribution is 6.32. The number of carbonyl (C=O) groups excluding carboxylic acids is 2. The Labute approximate surface area is 191 Å². The van der Waals surface area contributed by atoms with Crippen molar-refractivity contribution >= 4 is 35.2 Å². The van der Waals surface area contributed by atoms with Gasteiger partial charge in [0.15, 0.2) is 0 Å². The van der Waals surface area contributed by atoms with E-state index in [1.807, 2.05) is 31.2 Å². The smallest absolute Gasteiger partial charge is 0.283 e. The number of carbonyl (C=O) groups is 2. The Balaban J connectivity index is 1.59. The maximum atomic E-state index is 13.0. The molecule has 0 fully saturated rings. The Morgan fingerprint density at radius 1 is 1.03 bits per heavy atom. The average Bonchev–Trinajstić information content (AvgIpc) is 3.08. The van der Waals surface area contributed by atoms with E-state index < -0.39 is 11.8 Å². The Kier molecular flexibility index (Phi) is 6.19. The summed E-state index contributed by atoms with van der Waals surface area (Å²) in [6, 6.07) is 21.9. The third-order valence-corrected chi connectivity index (χ3v) is 5.30. The van der Waals surface area contributed by atoms with Gasteiger partial charge >= 0.3 is 0 Å². The van der Waals surface area contributed by atoms with E-state index in [-0.39, 0.29) is 0 Å². The van der Waals surface area contributed by atoms with Gasteiger partial charge in [0.2, 0.25) is 0 Å². The lowest BCUT2D eigenvalue weighted by molar-refractivity contribution is -0.123. The van der Waals surface area contributed by atoms with Gasteiger partial charge in [-0.1, -0.05) is 59.6 Å². The van der Waals surface area contributed by atoms with E-state index in [9.17, 15) is 9.59 Å². The van der Waals surface area contributed by atoms with E-state index >= 15 is 0 Å². The second kappa shape index (κ2) is 9.20. The fourth-order valence-electron chi connectivity index (χ4n) is 3.29. The molecule has 3 aromatic carbocycles. The fourth-order valence-corrected chi connectivity index (χ4v) is 3.47. The van der Waals surface area contributed by atoms with Crippen LogP contribution in [0.1, 0.15) is 34.0 Å². The highest BCUT2D eigenvalue weighted by Gasteiger charge is 2.33. The fraction of sp³-hybridized carbons (Fsp3) is 0.115. The van der Waals surface area contributed by atoms with Crippen molar-refractivity contribution in [1.29, 1.82) is 0 Å². The third-order valence-electron chi connectivity index (χ3n) is 5.06. The zero-order valence-corrected chi connectivity index (χ0v) is 18.5. The summed E-state index contributed by atoms with van der Waals surface area (Å²) in [7, 11) is 0. The third kappa shape index (κ3) is 4.63. The number of hydrazone groups is 1. The molecule has 1 aliphatic heterocycles. The highest BCUT2D eigenvalue weighted by atomic mass is 35.5. The van der Waals surface area contributed by atoms with Crippen molar-refractivity contribution < 1.29 is 14.3 Å². The molecule has 0 aliphatic carbocycles. The average molecular weight is 445 g/mol. The number of hydrogen-bond acceptors (Lipinski definition) is 4. The van der Waals surface area contributed by atoms with Gasteiger partial charge in [-0.15, -0.1) is 0 Å². The molecule has 0 saturated carbocycles. The molecule has 0 spiro atoms. The van der Waals surface area contributed by atoms with Crippen molar-refractivity contribution in [2.75, 3.05) is 0 Å². The molecular formula is C26H21ClN2O3. The zero-order chi connectivity index (χ0) is 22.7. The maximum Gasteiger partial charge on any atom is 0.283 e. The van der Waals surface area contributed by atoms with Crippen molar-refractivity contribution in [2.24, 2.45) is 5.10 Å². The number of hydrogen-bond donors (Lipinski definition) is 0. The van der Waals surface area contributed by atoms with Gasteiger partial charge in [-0.2, -0.15) is 10.1 Å². The molecule has 2 amide bonds. The van der Waals surface area contributed by atoms with Gasteiger partial charge < -0.3 is 4.74 Å². The van der Waals surface area contributed by atoms with Gasteiger partial charge in [-0.05, 0) is 55.8 Å². The summed E-state index contributed by atoms with van der Waals surface area (Å²) in [5.41, 5.74) is 3.99. The first-order chi connectivity index (χ1) is 15.4. The molecule has 0 atom stereocenters. The van der Waals surface area contributed by atoms with Crippen molar-refractivity contribution in [3.05, 3.63) is 106 Å². The number of benzene rings is 3. The Bertz CT molecular complexity index is 1230. The Hall–Kier alpha value is -3.70. The first-order valence-corrected chi connectivity index (χ1v) is 10.5. The van der Waals surface area contributed by atoms with Crippen LogP contribution >= 0.6 is 11.6 Å². The van der Waals surface area contributed by atoms with Gasteiger partial charge in [-0.25, -0.2) is 0 Å². The summed E-state index contributed by atoms with van der Waals surface area (Å²) in [5.74, 6) is -0.378. The zero-order valence-electron chi connectivity index (χ0n) is 17.7. The van der Waals surface area contributed by atoms with E-state index in [2.05, 4.69) is 5.10 Å². The molecule has 160 valence electrons. The van der Waals surface area contributed by atoms with Crippen molar-refractivity contribution in [3.63, 3.8) is 0 Å². The molecule has 3 aromatic rings. The van der Waals surface area contributed by atoms with Crippen molar-refractivity contribution in [1.82, 2.24) is 5.01 Å². The molecule has 0 aromatic heterocycles. The standard InChI is InChI=1S/C26H21ClN2O3/c1-17-8-10-19(11-9-17)16-32-24-13-12-22(27)14-21(24)15-23-18(2)28-29(26(23)31)25(30)20-6-4-3-5-7-20/h3-15H,16H2,1-2H3/b23-15+. The van der Waals surface area contributed by atoms with Gasteiger partial charge in [0, 0.05) is 16.1 Å². The molecular weight excluding hydrogens is 424 g/mol. The lowest BCUT2D eigenvalue weighted by Crippen LogP contribution is -2.29. The molecule has 0 radical (unpaired) electrons. The summed E-state index contributed by atoms with van der Waals surface area (Å²) in [6.45, 7) is 4.10. The minimum atomic E-state index is -0.485. The Morgan fingerprint density at radius 3 is 2.47 bits per heavy atom. The lowest BCUT2D eigenvalue weighted by atomic mass is 10.1. The van der Waals surface area contributed by atoms with Crippen LogP contribution in [-0.2, 0) is 11.4 Å². The molecule has 5 nitrogen and oxygen atoms in total. The van der Waals surface area contributed by atoms with Crippen LogP contribution in [0.5, 0.6) is 5.75 Å². The van der Waals surface area contributed by atoms with Crippen molar-refractivity contribution in [3.8, 4) is 5.75 Å². The number of nitrogens with zero attached hydrogens (tertiary/aromatic N) is 2. The van der Waals surface area contributed by atoms with Crippen LogP contribution in [0.3, 0.4) is 0 Å². The van der Waals surface area contributed by atoms with Crippen molar-refractivity contribution in [2.45, 2.75) is 20.5 Å². The molecule has 0 saturated heterocycles. The number of ether oxygens (including phenoxy) is 1. The minimum Gasteiger partial charge on any atom is -0.488 e. The molecule has 0 unspecified atom stereocenters. The van der Waals surface area contributed by atoms with E-state index in [0.29, 0.717) is 39.8 Å². The van der Waals surface area contributed by atoms with Crippen LogP contribution in [0.15, 0.2) is 83.5 Å². The highest BCUT2D eigenvalue weighted by Crippen LogP contribution is 2.28. The van der Waals surface area contributed by atoms with Crippen LogP contribution in [0.2, 0.25) is 5.02 Å². The predicted octanol–water partition coefficient (Wildman–Crippen LogP) is 5.67. The van der Waals surface area contributed by atoms with Crippen LogP contribution in [-0.4, -0.2) is 22.5 Å². The van der Waals surface area contributed by atoms with E-state index in [1.54, 1.807) is 61.5 Å². The van der Waals surface area contributed by atoms with Crippen LogP contribution < -0.4 is 4.74 Å². The van der Waals surface area contributed by atoms with Gasteiger partial charge in [0.1, 0.15) is 12.4 Å². The summed E-state index contributed by atoms with van der Waals surface area (Å²) < 4.78 is 6.01. The number of aryl methyl sites for hydroxylation is 1. The number of halogens is 1. The topological polar surface area (TPSA) is 59.0 Å². The lowest BCUT2D eigenvalue weighted by Gasteiger charge is -2.12. The monoisotopic (exact) mass is 444 g/mol. The summed E-state index contributed by atoms with van der Waals surface area (Å²) in [5, 5.41) is 5.59.